The maximum absolute atomic E-state index is 12.4. The molecule has 6 nitrogen and oxygen atoms in total. The first-order valence-corrected chi connectivity index (χ1v) is 8.20. The zero-order valence-electron chi connectivity index (χ0n) is 14.7. The number of ether oxygens (including phenoxy) is 3. The summed E-state index contributed by atoms with van der Waals surface area (Å²) in [7, 11) is 3.04. The number of methoxy groups -OCH3 is 2. The molecular weight excluding hydrogens is 332 g/mol. The van der Waals surface area contributed by atoms with Crippen LogP contribution in [-0.2, 0) is 0 Å². The molecule has 1 aromatic heterocycles. The summed E-state index contributed by atoms with van der Waals surface area (Å²) < 4.78 is 16.3. The van der Waals surface area contributed by atoms with Gasteiger partial charge in [0.15, 0.2) is 11.5 Å². The van der Waals surface area contributed by atoms with Crippen LogP contribution in [-0.4, -0.2) is 38.3 Å². The summed E-state index contributed by atoms with van der Waals surface area (Å²) in [5.74, 6) is 1.36. The van der Waals surface area contributed by atoms with Crippen LogP contribution in [0.5, 0.6) is 17.2 Å². The molecule has 0 atom stereocenters. The molecule has 0 saturated heterocycles. The molecule has 26 heavy (non-hydrogen) atoms. The zero-order valence-corrected chi connectivity index (χ0v) is 14.7. The summed E-state index contributed by atoms with van der Waals surface area (Å²) >= 11 is 0. The largest absolute Gasteiger partial charge is 0.493 e. The van der Waals surface area contributed by atoms with Crippen molar-refractivity contribution in [3.8, 4) is 17.2 Å². The number of aromatic nitrogens is 1. The van der Waals surface area contributed by atoms with Crippen molar-refractivity contribution >= 4 is 16.8 Å². The third kappa shape index (κ3) is 3.69. The Kier molecular flexibility index (Phi) is 5.53. The average molecular weight is 352 g/mol. The van der Waals surface area contributed by atoms with Crippen LogP contribution in [0, 0.1) is 0 Å². The highest BCUT2D eigenvalue weighted by Crippen LogP contribution is 2.30. The summed E-state index contributed by atoms with van der Waals surface area (Å²) in [6.45, 7) is 0.677. The minimum absolute atomic E-state index is 0.250. The van der Waals surface area contributed by atoms with Crippen LogP contribution in [0.2, 0.25) is 0 Å². The van der Waals surface area contributed by atoms with Gasteiger partial charge in [-0.05, 0) is 24.3 Å². The Morgan fingerprint density at radius 1 is 1.00 bits per heavy atom. The van der Waals surface area contributed by atoms with Gasteiger partial charge in [-0.1, -0.05) is 24.3 Å². The van der Waals surface area contributed by atoms with Gasteiger partial charge in [-0.3, -0.25) is 9.78 Å². The standard InChI is InChI=1S/C20H20N2O4/c1-24-17-10-4-8-15(19(17)25-2)20(23)22-12-13-26-16-9-3-6-14-7-5-11-21-18(14)16/h3-11H,12-13H2,1-2H3,(H,22,23). The summed E-state index contributed by atoms with van der Waals surface area (Å²) in [5, 5.41) is 3.83. The number of carbonyl (C=O) groups excluding carboxylic acids is 1. The number of amides is 1. The number of hydrogen-bond acceptors (Lipinski definition) is 5. The number of rotatable bonds is 7. The van der Waals surface area contributed by atoms with E-state index < -0.39 is 0 Å². The quantitative estimate of drug-likeness (QED) is 0.662. The molecule has 134 valence electrons. The van der Waals surface area contributed by atoms with E-state index in [1.807, 2.05) is 30.3 Å². The topological polar surface area (TPSA) is 69.7 Å². The van der Waals surface area contributed by atoms with Gasteiger partial charge in [0.2, 0.25) is 0 Å². The van der Waals surface area contributed by atoms with Gasteiger partial charge in [0, 0.05) is 11.6 Å². The molecule has 1 N–H and O–H groups in total. The van der Waals surface area contributed by atoms with E-state index in [1.165, 1.54) is 14.2 Å². The van der Waals surface area contributed by atoms with Gasteiger partial charge >= 0.3 is 0 Å². The maximum atomic E-state index is 12.4. The molecule has 0 unspecified atom stereocenters. The van der Waals surface area contributed by atoms with E-state index in [1.54, 1.807) is 24.4 Å². The first-order valence-electron chi connectivity index (χ1n) is 8.20. The van der Waals surface area contributed by atoms with Crippen LogP contribution in [0.15, 0.2) is 54.7 Å². The second kappa shape index (κ2) is 8.20. The van der Waals surface area contributed by atoms with E-state index in [2.05, 4.69) is 10.3 Å². The Morgan fingerprint density at radius 3 is 2.58 bits per heavy atom. The zero-order chi connectivity index (χ0) is 18.4. The van der Waals surface area contributed by atoms with Gasteiger partial charge in [-0.2, -0.15) is 0 Å². The second-order valence-corrected chi connectivity index (χ2v) is 5.48. The Morgan fingerprint density at radius 2 is 1.77 bits per heavy atom. The number of nitrogens with one attached hydrogen (secondary N) is 1. The molecule has 1 heterocycles. The normalized spacial score (nSPS) is 10.4. The fourth-order valence-electron chi connectivity index (χ4n) is 2.68. The molecular formula is C20H20N2O4. The van der Waals surface area contributed by atoms with Crippen LogP contribution in [0.4, 0.5) is 0 Å². The number of carbonyl (C=O) groups is 1. The van der Waals surface area contributed by atoms with Crippen molar-refractivity contribution in [3.63, 3.8) is 0 Å². The molecule has 3 rings (SSSR count). The van der Waals surface area contributed by atoms with Gasteiger partial charge < -0.3 is 19.5 Å². The monoisotopic (exact) mass is 352 g/mol. The number of benzene rings is 2. The highest BCUT2D eigenvalue weighted by molar-refractivity contribution is 5.97. The lowest BCUT2D eigenvalue weighted by Gasteiger charge is -2.13. The molecule has 0 bridgehead atoms. The lowest BCUT2D eigenvalue weighted by atomic mass is 10.1. The Hall–Kier alpha value is -3.28. The number of hydrogen-bond donors (Lipinski definition) is 1. The fraction of sp³-hybridized carbons (Fsp3) is 0.200. The fourth-order valence-corrected chi connectivity index (χ4v) is 2.68. The predicted octanol–water partition coefficient (Wildman–Crippen LogP) is 3.06. The molecule has 0 saturated carbocycles. The summed E-state index contributed by atoms with van der Waals surface area (Å²) in [5.41, 5.74) is 1.22. The molecule has 0 aliphatic rings. The van der Waals surface area contributed by atoms with Crippen LogP contribution >= 0.6 is 0 Å². The number of para-hydroxylation sites is 2. The van der Waals surface area contributed by atoms with Gasteiger partial charge in [0.05, 0.1) is 26.3 Å². The van der Waals surface area contributed by atoms with Crippen molar-refractivity contribution in [2.24, 2.45) is 0 Å². The van der Waals surface area contributed by atoms with Crippen molar-refractivity contribution < 1.29 is 19.0 Å². The van der Waals surface area contributed by atoms with Gasteiger partial charge in [-0.25, -0.2) is 0 Å². The molecule has 2 aromatic carbocycles. The number of pyridine rings is 1. The molecule has 0 aliphatic carbocycles. The van der Waals surface area contributed by atoms with Crippen LogP contribution in [0.3, 0.4) is 0 Å². The number of fused-ring (bicyclic) bond motifs is 1. The maximum Gasteiger partial charge on any atom is 0.255 e. The average Bonchev–Trinajstić information content (AvgIpc) is 2.70. The first-order chi connectivity index (χ1) is 12.7. The van der Waals surface area contributed by atoms with E-state index in [0.29, 0.717) is 36.0 Å². The van der Waals surface area contributed by atoms with Crippen molar-refractivity contribution in [2.45, 2.75) is 0 Å². The third-order valence-electron chi connectivity index (χ3n) is 3.89. The summed E-state index contributed by atoms with van der Waals surface area (Å²) in [6.07, 6.45) is 1.73. The molecule has 0 fully saturated rings. The van der Waals surface area contributed by atoms with Crippen molar-refractivity contribution in [1.29, 1.82) is 0 Å². The van der Waals surface area contributed by atoms with E-state index >= 15 is 0 Å². The van der Waals surface area contributed by atoms with Crippen LogP contribution < -0.4 is 19.5 Å². The number of nitrogens with zero attached hydrogens (tertiary/aromatic N) is 1. The molecule has 6 heteroatoms. The highest BCUT2D eigenvalue weighted by atomic mass is 16.5. The molecule has 0 spiro atoms. The Bertz CT molecular complexity index is 906. The highest BCUT2D eigenvalue weighted by Gasteiger charge is 2.15. The van der Waals surface area contributed by atoms with E-state index in [4.69, 9.17) is 14.2 Å². The first kappa shape index (κ1) is 17.5. The minimum atomic E-state index is -0.250. The van der Waals surface area contributed by atoms with Gasteiger partial charge in [0.1, 0.15) is 17.9 Å². The smallest absolute Gasteiger partial charge is 0.255 e. The summed E-state index contributed by atoms with van der Waals surface area (Å²) in [6, 6.07) is 14.8. The molecule has 0 radical (unpaired) electrons. The van der Waals surface area contributed by atoms with Crippen LogP contribution in [0.1, 0.15) is 10.4 Å². The lowest BCUT2D eigenvalue weighted by molar-refractivity contribution is 0.0943. The molecule has 0 aliphatic heterocycles. The SMILES string of the molecule is COc1cccc(C(=O)NCCOc2cccc3cccnc23)c1OC. The predicted molar refractivity (Wildman–Crippen MR) is 99.1 cm³/mol. The van der Waals surface area contributed by atoms with Crippen LogP contribution in [0.25, 0.3) is 10.9 Å². The van der Waals surface area contributed by atoms with Gasteiger partial charge in [-0.15, -0.1) is 0 Å². The Labute approximate surface area is 151 Å². The minimum Gasteiger partial charge on any atom is -0.493 e. The lowest BCUT2D eigenvalue weighted by Crippen LogP contribution is -2.28. The van der Waals surface area contributed by atoms with E-state index in [-0.39, 0.29) is 5.91 Å². The van der Waals surface area contributed by atoms with E-state index in [9.17, 15) is 4.79 Å². The molecule has 1 amide bonds. The van der Waals surface area contributed by atoms with Gasteiger partial charge in [0.25, 0.3) is 5.91 Å². The van der Waals surface area contributed by atoms with Crippen molar-refractivity contribution in [3.05, 3.63) is 60.3 Å². The second-order valence-electron chi connectivity index (χ2n) is 5.48. The van der Waals surface area contributed by atoms with Crippen molar-refractivity contribution in [1.82, 2.24) is 10.3 Å². The van der Waals surface area contributed by atoms with Crippen molar-refractivity contribution in [2.75, 3.05) is 27.4 Å². The Balaban J connectivity index is 1.61. The summed E-state index contributed by atoms with van der Waals surface area (Å²) in [4.78, 5) is 16.7. The molecule has 3 aromatic rings. The van der Waals surface area contributed by atoms with E-state index in [0.717, 1.165) is 10.9 Å². The third-order valence-corrected chi connectivity index (χ3v) is 3.89.